The van der Waals surface area contributed by atoms with Gasteiger partial charge in [-0.05, 0) is 37.5 Å². The number of hydrogen-bond acceptors (Lipinski definition) is 5. The molecule has 0 aromatic carbocycles. The third-order valence-corrected chi connectivity index (χ3v) is 6.42. The van der Waals surface area contributed by atoms with Crippen LogP contribution in [-0.2, 0) is 4.74 Å². The number of aromatic nitrogens is 1. The van der Waals surface area contributed by atoms with E-state index in [4.69, 9.17) is 4.74 Å². The zero-order valence-corrected chi connectivity index (χ0v) is 13.9. The van der Waals surface area contributed by atoms with E-state index in [9.17, 15) is 9.90 Å². The maximum absolute atomic E-state index is 12.2. The Morgan fingerprint density at radius 3 is 3.04 bits per heavy atom. The molecule has 1 saturated heterocycles. The van der Waals surface area contributed by atoms with E-state index < -0.39 is 5.54 Å². The van der Waals surface area contributed by atoms with Crippen LogP contribution in [0.25, 0.3) is 0 Å². The maximum atomic E-state index is 12.2. The van der Waals surface area contributed by atoms with E-state index in [2.05, 4.69) is 21.0 Å². The fourth-order valence-electron chi connectivity index (χ4n) is 4.36. The molecule has 1 aromatic heterocycles. The lowest BCUT2D eigenvalue weighted by atomic mass is 9.87. The Labute approximate surface area is 139 Å². The Morgan fingerprint density at radius 2 is 2.39 bits per heavy atom. The zero-order valence-electron chi connectivity index (χ0n) is 13.1. The lowest BCUT2D eigenvalue weighted by Gasteiger charge is -2.25. The van der Waals surface area contributed by atoms with Crippen molar-refractivity contribution in [2.45, 2.75) is 43.6 Å². The van der Waals surface area contributed by atoms with Gasteiger partial charge >= 0.3 is 6.03 Å². The summed E-state index contributed by atoms with van der Waals surface area (Å²) in [6, 6.07) is -0.321. The number of aliphatic hydroxyl groups excluding tert-OH is 1. The van der Waals surface area contributed by atoms with Crippen molar-refractivity contribution in [3.63, 3.8) is 0 Å². The first kappa shape index (κ1) is 15.4. The summed E-state index contributed by atoms with van der Waals surface area (Å²) in [6.07, 6.45) is 5.94. The smallest absolute Gasteiger partial charge is 0.321 e. The number of hydrogen-bond donors (Lipinski definition) is 3. The monoisotopic (exact) mass is 337 g/mol. The van der Waals surface area contributed by atoms with Crippen molar-refractivity contribution in [3.05, 3.63) is 11.1 Å². The summed E-state index contributed by atoms with van der Waals surface area (Å²) >= 11 is 1.48. The number of aliphatic hydroxyl groups is 1. The van der Waals surface area contributed by atoms with Crippen LogP contribution < -0.4 is 10.6 Å². The molecule has 1 aromatic rings. The zero-order chi connectivity index (χ0) is 15.9. The van der Waals surface area contributed by atoms with Gasteiger partial charge < -0.3 is 15.2 Å². The summed E-state index contributed by atoms with van der Waals surface area (Å²) in [5, 5.41) is 17.9. The number of anilines is 1. The highest BCUT2D eigenvalue weighted by atomic mass is 32.1. The number of amides is 2. The van der Waals surface area contributed by atoms with Crippen molar-refractivity contribution in [3.8, 4) is 0 Å². The van der Waals surface area contributed by atoms with E-state index in [0.717, 1.165) is 17.5 Å². The molecule has 2 heterocycles. The molecule has 0 unspecified atom stereocenters. The van der Waals surface area contributed by atoms with Gasteiger partial charge in [0.25, 0.3) is 0 Å². The van der Waals surface area contributed by atoms with Crippen LogP contribution in [0.2, 0.25) is 0 Å². The summed E-state index contributed by atoms with van der Waals surface area (Å²) in [5.41, 5.74) is 0.480. The van der Waals surface area contributed by atoms with Crippen LogP contribution in [0.5, 0.6) is 0 Å². The molecule has 2 amide bonds. The third kappa shape index (κ3) is 2.97. The lowest BCUT2D eigenvalue weighted by molar-refractivity contribution is 0.126. The van der Waals surface area contributed by atoms with E-state index in [-0.39, 0.29) is 12.6 Å². The summed E-state index contributed by atoms with van der Waals surface area (Å²) in [4.78, 5) is 16.8. The van der Waals surface area contributed by atoms with E-state index in [1.54, 1.807) is 0 Å². The first-order chi connectivity index (χ1) is 11.2. The van der Waals surface area contributed by atoms with Gasteiger partial charge in [0.15, 0.2) is 5.13 Å². The van der Waals surface area contributed by atoms with Crippen LogP contribution in [0.15, 0.2) is 5.38 Å². The predicted octanol–water partition coefficient (Wildman–Crippen LogP) is 2.32. The minimum absolute atomic E-state index is 0.116. The van der Waals surface area contributed by atoms with Gasteiger partial charge in [-0.25, -0.2) is 9.78 Å². The normalized spacial score (nSPS) is 35.6. The van der Waals surface area contributed by atoms with Gasteiger partial charge in [0.1, 0.15) is 0 Å². The maximum Gasteiger partial charge on any atom is 0.321 e. The topological polar surface area (TPSA) is 83.5 Å². The van der Waals surface area contributed by atoms with Crippen molar-refractivity contribution < 1.29 is 14.6 Å². The summed E-state index contributed by atoms with van der Waals surface area (Å²) in [6.45, 7) is 0.798. The highest BCUT2D eigenvalue weighted by molar-refractivity contribution is 7.13. The minimum atomic E-state index is -0.658. The molecule has 2 aliphatic carbocycles. The molecule has 6 nitrogen and oxygen atoms in total. The molecule has 0 radical (unpaired) electrons. The molecule has 7 heteroatoms. The largest absolute Gasteiger partial charge is 0.394 e. The van der Waals surface area contributed by atoms with Crippen LogP contribution in [0, 0.1) is 11.8 Å². The van der Waals surface area contributed by atoms with Crippen LogP contribution in [-0.4, -0.2) is 41.5 Å². The quantitative estimate of drug-likeness (QED) is 0.787. The van der Waals surface area contributed by atoms with Gasteiger partial charge in [-0.15, -0.1) is 11.3 Å². The number of carbonyl (C=O) groups excluding carboxylic acids is 1. The van der Waals surface area contributed by atoms with Crippen LogP contribution in [0.3, 0.4) is 0 Å². The van der Waals surface area contributed by atoms with Crippen molar-refractivity contribution in [2.75, 3.05) is 25.1 Å². The second kappa shape index (κ2) is 6.03. The molecule has 2 bridgehead atoms. The molecule has 1 aliphatic heterocycles. The predicted molar refractivity (Wildman–Crippen MR) is 87.7 cm³/mol. The lowest BCUT2D eigenvalue weighted by Crippen LogP contribution is -2.53. The second-order valence-corrected chi connectivity index (χ2v) is 8.04. The molecule has 2 saturated carbocycles. The molecule has 3 N–H and O–H groups in total. The van der Waals surface area contributed by atoms with E-state index in [0.29, 0.717) is 30.7 Å². The number of ether oxygens (including phenoxy) is 1. The van der Waals surface area contributed by atoms with Gasteiger partial charge in [0, 0.05) is 17.9 Å². The molecule has 0 spiro atoms. The number of carbonyl (C=O) groups is 1. The average Bonchev–Trinajstić information content (AvgIpc) is 3.31. The number of thiazole rings is 1. The van der Waals surface area contributed by atoms with Crippen molar-refractivity contribution in [2.24, 2.45) is 11.8 Å². The summed E-state index contributed by atoms with van der Waals surface area (Å²) in [5.74, 6) is 2.26. The molecular formula is C16H23N3O3S. The Bertz CT molecular complexity index is 585. The molecule has 4 rings (SSSR count). The molecule has 3 fully saturated rings. The average molecular weight is 337 g/mol. The first-order valence-corrected chi connectivity index (χ1v) is 9.29. The first-order valence-electron chi connectivity index (χ1n) is 8.41. The Balaban J connectivity index is 1.37. The van der Waals surface area contributed by atoms with Gasteiger partial charge in [-0.1, -0.05) is 6.42 Å². The fraction of sp³-hybridized carbons (Fsp3) is 0.750. The number of fused-ring (bicyclic) bond motifs is 2. The molecule has 23 heavy (non-hydrogen) atoms. The van der Waals surface area contributed by atoms with Crippen LogP contribution in [0.4, 0.5) is 9.93 Å². The highest BCUT2D eigenvalue weighted by Crippen LogP contribution is 2.52. The van der Waals surface area contributed by atoms with Crippen molar-refractivity contribution in [1.29, 1.82) is 0 Å². The SMILES string of the molecule is O=C(Nc1nc([C@H]2C[C@H]3CC[C@H]2C3)cs1)N[C@]1(CO)CCOC1. The second-order valence-electron chi connectivity index (χ2n) is 7.18. The van der Waals surface area contributed by atoms with Gasteiger partial charge in [0.05, 0.1) is 24.4 Å². The van der Waals surface area contributed by atoms with Crippen LogP contribution >= 0.6 is 11.3 Å². The Morgan fingerprint density at radius 1 is 1.48 bits per heavy atom. The summed E-state index contributed by atoms with van der Waals surface area (Å²) in [7, 11) is 0. The van der Waals surface area contributed by atoms with Crippen LogP contribution in [0.1, 0.15) is 43.7 Å². The Hall–Kier alpha value is -1.18. The number of urea groups is 1. The van der Waals surface area contributed by atoms with Gasteiger partial charge in [-0.3, -0.25) is 5.32 Å². The molecule has 4 atom stereocenters. The highest BCUT2D eigenvalue weighted by Gasteiger charge is 2.41. The minimum Gasteiger partial charge on any atom is -0.394 e. The van der Waals surface area contributed by atoms with Crippen molar-refractivity contribution in [1.82, 2.24) is 10.3 Å². The number of nitrogens with one attached hydrogen (secondary N) is 2. The number of rotatable bonds is 4. The fourth-order valence-corrected chi connectivity index (χ4v) is 5.13. The summed E-state index contributed by atoms with van der Waals surface area (Å²) < 4.78 is 5.29. The molecule has 126 valence electrons. The molecule has 3 aliphatic rings. The van der Waals surface area contributed by atoms with E-state index >= 15 is 0 Å². The Kier molecular flexibility index (Phi) is 4.03. The van der Waals surface area contributed by atoms with Gasteiger partial charge in [0.2, 0.25) is 0 Å². The third-order valence-electron chi connectivity index (χ3n) is 5.65. The standard InChI is InChI=1S/C16H23N3O3S/c20-8-16(3-4-22-9-16)19-14(21)18-15-17-13(7-23-15)12-6-10-1-2-11(12)5-10/h7,10-12,20H,1-6,8-9H2,(H2,17,18,19,21)/t10-,11-,12-,16-/m0/s1. The van der Waals surface area contributed by atoms with E-state index in [1.807, 2.05) is 0 Å². The van der Waals surface area contributed by atoms with Gasteiger partial charge in [-0.2, -0.15) is 0 Å². The van der Waals surface area contributed by atoms with E-state index in [1.165, 1.54) is 37.0 Å². The van der Waals surface area contributed by atoms with Crippen molar-refractivity contribution >= 4 is 22.5 Å². The number of nitrogens with zero attached hydrogens (tertiary/aromatic N) is 1. The molecular weight excluding hydrogens is 314 g/mol.